The Balaban J connectivity index is 1.89. The predicted molar refractivity (Wildman–Crippen MR) is 117 cm³/mol. The molecule has 29 heavy (non-hydrogen) atoms. The van der Waals surface area contributed by atoms with E-state index in [1.807, 2.05) is 0 Å². The molecule has 0 heterocycles. The third-order valence-corrected chi connectivity index (χ3v) is 8.00. The van der Waals surface area contributed by atoms with Crippen LogP contribution in [0.4, 0.5) is 0 Å². The molecule has 168 valence electrons. The highest BCUT2D eigenvalue weighted by atomic mass is 16.5. The quantitative estimate of drug-likeness (QED) is 0.339. The van der Waals surface area contributed by atoms with Crippen molar-refractivity contribution in [2.45, 2.75) is 98.3 Å². The van der Waals surface area contributed by atoms with Gasteiger partial charge in [-0.15, -0.1) is 0 Å². The maximum Gasteiger partial charge on any atom is 0.309 e. The molecular formula is C25H44O4. The first kappa shape index (κ1) is 24.2. The van der Waals surface area contributed by atoms with Crippen molar-refractivity contribution < 1.29 is 19.4 Å². The Bertz CT molecular complexity index is 517. The molecule has 2 rings (SSSR count). The molecule has 0 bridgehead atoms. The van der Waals surface area contributed by atoms with Crippen LogP contribution >= 0.6 is 0 Å². The van der Waals surface area contributed by atoms with E-state index in [1.165, 1.54) is 44.9 Å². The van der Waals surface area contributed by atoms with Gasteiger partial charge in [0.2, 0.25) is 0 Å². The number of ether oxygens (including phenoxy) is 1. The lowest BCUT2D eigenvalue weighted by molar-refractivity contribution is -0.162. The lowest BCUT2D eigenvalue weighted by Crippen LogP contribution is -2.41. The summed E-state index contributed by atoms with van der Waals surface area (Å²) in [5, 5.41) is 9.45. The normalized spacial score (nSPS) is 35.2. The number of rotatable bonds is 10. The molecule has 0 aromatic rings. The maximum atomic E-state index is 12.7. The highest BCUT2D eigenvalue weighted by Gasteiger charge is 2.41. The minimum absolute atomic E-state index is 0.272. The lowest BCUT2D eigenvalue weighted by Gasteiger charge is -2.44. The van der Waals surface area contributed by atoms with Gasteiger partial charge in [0.05, 0.1) is 18.4 Å². The van der Waals surface area contributed by atoms with E-state index in [2.05, 4.69) is 27.7 Å². The van der Waals surface area contributed by atoms with Crippen LogP contribution in [-0.4, -0.2) is 23.7 Å². The van der Waals surface area contributed by atoms with Gasteiger partial charge in [0, 0.05) is 0 Å². The Morgan fingerprint density at radius 3 is 2.17 bits per heavy atom. The van der Waals surface area contributed by atoms with Crippen molar-refractivity contribution in [3.05, 3.63) is 0 Å². The first-order valence-electron chi connectivity index (χ1n) is 12.3. The maximum absolute atomic E-state index is 12.7. The topological polar surface area (TPSA) is 63.6 Å². The molecule has 0 spiro atoms. The van der Waals surface area contributed by atoms with Gasteiger partial charge in [-0.05, 0) is 55.3 Å². The molecule has 7 atom stereocenters. The fraction of sp³-hybridized carbons (Fsp3) is 0.920. The van der Waals surface area contributed by atoms with Gasteiger partial charge in [0.1, 0.15) is 0 Å². The lowest BCUT2D eigenvalue weighted by atomic mass is 9.62. The summed E-state index contributed by atoms with van der Waals surface area (Å²) >= 11 is 0. The van der Waals surface area contributed by atoms with E-state index in [0.29, 0.717) is 43.1 Å². The van der Waals surface area contributed by atoms with Crippen molar-refractivity contribution in [1.82, 2.24) is 0 Å². The fourth-order valence-corrected chi connectivity index (χ4v) is 6.13. The zero-order chi connectivity index (χ0) is 21.4. The van der Waals surface area contributed by atoms with Gasteiger partial charge in [0.15, 0.2) is 0 Å². The highest BCUT2D eigenvalue weighted by molar-refractivity contribution is 5.81. The number of hydrogen-bond donors (Lipinski definition) is 1. The van der Waals surface area contributed by atoms with Crippen LogP contribution in [0.15, 0.2) is 0 Å². The monoisotopic (exact) mass is 408 g/mol. The minimum atomic E-state index is -0.844. The summed E-state index contributed by atoms with van der Waals surface area (Å²) in [5.41, 5.74) is 0. The van der Waals surface area contributed by atoms with E-state index in [-0.39, 0.29) is 5.97 Å². The van der Waals surface area contributed by atoms with Gasteiger partial charge in [-0.1, -0.05) is 72.6 Å². The number of unbranched alkanes of at least 4 members (excludes halogenated alkanes) is 4. The van der Waals surface area contributed by atoms with Gasteiger partial charge in [-0.3, -0.25) is 9.59 Å². The molecule has 0 aromatic heterocycles. The molecule has 4 nitrogen and oxygen atoms in total. The van der Waals surface area contributed by atoms with Crippen LogP contribution in [-0.2, 0) is 14.3 Å². The Hall–Kier alpha value is -1.06. The Kier molecular flexibility index (Phi) is 9.98. The standard InChI is InChI=1S/C25H44O4/c1-5-6-7-8-9-12-20-17(2)15-18(3)23(19(20)4)16-29-25(28)22-14-11-10-13-21(22)24(26)27/h17-23H,5-16H2,1-4H3,(H,26,27). The van der Waals surface area contributed by atoms with Gasteiger partial charge < -0.3 is 9.84 Å². The van der Waals surface area contributed by atoms with E-state index in [1.54, 1.807) is 0 Å². The van der Waals surface area contributed by atoms with Gasteiger partial charge >= 0.3 is 11.9 Å². The average molecular weight is 409 g/mol. The average Bonchev–Trinajstić information content (AvgIpc) is 2.69. The van der Waals surface area contributed by atoms with Crippen LogP contribution in [0.25, 0.3) is 0 Å². The predicted octanol–water partition coefficient (Wildman–Crippen LogP) is 6.33. The van der Waals surface area contributed by atoms with Crippen molar-refractivity contribution in [2.75, 3.05) is 6.61 Å². The molecular weight excluding hydrogens is 364 g/mol. The van der Waals surface area contributed by atoms with E-state index in [4.69, 9.17) is 4.74 Å². The smallest absolute Gasteiger partial charge is 0.309 e. The van der Waals surface area contributed by atoms with Crippen LogP contribution in [0.1, 0.15) is 98.3 Å². The van der Waals surface area contributed by atoms with Gasteiger partial charge in [-0.25, -0.2) is 0 Å². The summed E-state index contributed by atoms with van der Waals surface area (Å²) in [4.78, 5) is 24.2. The number of carboxylic acids is 1. The zero-order valence-corrected chi connectivity index (χ0v) is 19.2. The minimum Gasteiger partial charge on any atom is -0.481 e. The third kappa shape index (κ3) is 6.72. The van der Waals surface area contributed by atoms with E-state index >= 15 is 0 Å². The summed E-state index contributed by atoms with van der Waals surface area (Å²) in [6.07, 6.45) is 12.2. The van der Waals surface area contributed by atoms with Crippen molar-refractivity contribution in [3.8, 4) is 0 Å². The number of carbonyl (C=O) groups is 2. The second-order valence-electron chi connectivity index (χ2n) is 10.0. The fourth-order valence-electron chi connectivity index (χ4n) is 6.13. The summed E-state index contributed by atoms with van der Waals surface area (Å²) in [7, 11) is 0. The summed E-state index contributed by atoms with van der Waals surface area (Å²) in [6.45, 7) is 9.75. The zero-order valence-electron chi connectivity index (χ0n) is 19.2. The van der Waals surface area contributed by atoms with Gasteiger partial charge in [0.25, 0.3) is 0 Å². The Labute approximate surface area is 178 Å². The summed E-state index contributed by atoms with van der Waals surface area (Å²) in [6, 6.07) is 0. The molecule has 1 N–H and O–H groups in total. The first-order valence-corrected chi connectivity index (χ1v) is 12.3. The third-order valence-electron chi connectivity index (χ3n) is 8.00. The number of aliphatic carboxylic acids is 1. The molecule has 4 heteroatoms. The van der Waals surface area contributed by atoms with Crippen LogP contribution in [0.3, 0.4) is 0 Å². The molecule has 7 unspecified atom stereocenters. The molecule has 2 saturated carbocycles. The molecule has 2 aliphatic rings. The van der Waals surface area contributed by atoms with Crippen LogP contribution < -0.4 is 0 Å². The van der Waals surface area contributed by atoms with Gasteiger partial charge in [-0.2, -0.15) is 0 Å². The number of hydrogen-bond acceptors (Lipinski definition) is 3. The van der Waals surface area contributed by atoms with Crippen molar-refractivity contribution in [2.24, 2.45) is 41.4 Å². The molecule has 0 saturated heterocycles. The SMILES string of the molecule is CCCCCCCC1C(C)CC(C)C(COC(=O)C2CCCCC2C(=O)O)C1C. The molecule has 0 radical (unpaired) electrons. The largest absolute Gasteiger partial charge is 0.481 e. The van der Waals surface area contributed by atoms with E-state index in [9.17, 15) is 14.7 Å². The van der Waals surface area contributed by atoms with Crippen LogP contribution in [0, 0.1) is 41.4 Å². The van der Waals surface area contributed by atoms with Crippen LogP contribution in [0.5, 0.6) is 0 Å². The molecule has 0 aromatic carbocycles. The number of esters is 1. The van der Waals surface area contributed by atoms with Crippen molar-refractivity contribution >= 4 is 11.9 Å². The number of carboxylic acid groups (broad SMARTS) is 1. The number of carbonyl (C=O) groups excluding carboxylic acids is 1. The highest BCUT2D eigenvalue weighted by Crippen LogP contribution is 2.44. The Morgan fingerprint density at radius 2 is 1.52 bits per heavy atom. The van der Waals surface area contributed by atoms with E-state index in [0.717, 1.165) is 18.8 Å². The first-order chi connectivity index (χ1) is 13.9. The van der Waals surface area contributed by atoms with Crippen molar-refractivity contribution in [3.63, 3.8) is 0 Å². The summed E-state index contributed by atoms with van der Waals surface area (Å²) in [5.74, 6) is 0.792. The Morgan fingerprint density at radius 1 is 0.897 bits per heavy atom. The second-order valence-corrected chi connectivity index (χ2v) is 10.0. The summed E-state index contributed by atoms with van der Waals surface area (Å²) < 4.78 is 5.78. The molecule has 2 aliphatic carbocycles. The molecule has 2 fully saturated rings. The van der Waals surface area contributed by atoms with E-state index < -0.39 is 17.8 Å². The van der Waals surface area contributed by atoms with Crippen molar-refractivity contribution in [1.29, 1.82) is 0 Å². The molecule has 0 amide bonds. The second kappa shape index (κ2) is 12.0. The van der Waals surface area contributed by atoms with Crippen LogP contribution in [0.2, 0.25) is 0 Å². The molecule has 0 aliphatic heterocycles.